The Labute approximate surface area is 376 Å². The maximum absolute atomic E-state index is 13.5. The number of benzene rings is 1. The van der Waals surface area contributed by atoms with Crippen LogP contribution in [0.1, 0.15) is 133 Å². The van der Waals surface area contributed by atoms with Gasteiger partial charge in [0.2, 0.25) is 5.91 Å². The number of hydrogen-bond donors (Lipinski definition) is 2. The fraction of sp³-hybridized carbons (Fsp3) is 0.389. The lowest BCUT2D eigenvalue weighted by atomic mass is 10.1. The average Bonchev–Trinajstić information content (AvgIpc) is 3.26. The smallest absolute Gasteiger partial charge is 0.416 e. The first-order valence-electron chi connectivity index (χ1n) is 22.5. The lowest BCUT2D eigenvalue weighted by molar-refractivity contribution is -0.139. The number of halogens is 3. The Morgan fingerprint density at radius 3 is 1.22 bits per heavy atom. The van der Waals surface area contributed by atoms with Gasteiger partial charge in [0, 0.05) is 25.9 Å². The lowest BCUT2D eigenvalue weighted by Gasteiger charge is -2.14. The molecule has 342 valence electrons. The van der Waals surface area contributed by atoms with Gasteiger partial charge in [0.15, 0.2) is 0 Å². The Balaban J connectivity index is 2.35. The number of hydrogen-bond acceptors (Lipinski definition) is 4. The summed E-state index contributed by atoms with van der Waals surface area (Å²) in [5.74, 6) is -2.16. The fourth-order valence-electron chi connectivity index (χ4n) is 5.40. The zero-order valence-corrected chi connectivity index (χ0v) is 37.6. The maximum Gasteiger partial charge on any atom is 0.416 e. The number of rotatable bonds is 33. The van der Waals surface area contributed by atoms with Gasteiger partial charge in [0.25, 0.3) is 5.91 Å². The molecule has 0 aromatic heterocycles. The first-order valence-corrected chi connectivity index (χ1v) is 22.5. The summed E-state index contributed by atoms with van der Waals surface area (Å²) in [4.78, 5) is 37.7. The first kappa shape index (κ1) is 55.3. The van der Waals surface area contributed by atoms with Crippen molar-refractivity contribution in [1.82, 2.24) is 10.6 Å². The molecule has 63 heavy (non-hydrogen) atoms. The number of carbonyl (C=O) groups is 3. The quantitative estimate of drug-likeness (QED) is 0.0319. The van der Waals surface area contributed by atoms with Crippen LogP contribution in [0.25, 0.3) is 0 Å². The summed E-state index contributed by atoms with van der Waals surface area (Å²) in [7, 11) is 0. The highest BCUT2D eigenvalue weighted by Gasteiger charge is 2.32. The van der Waals surface area contributed by atoms with E-state index >= 15 is 0 Å². The number of esters is 1. The van der Waals surface area contributed by atoms with Gasteiger partial charge in [-0.25, -0.2) is 0 Å². The van der Waals surface area contributed by atoms with E-state index in [9.17, 15) is 27.6 Å². The third-order valence-corrected chi connectivity index (χ3v) is 8.76. The van der Waals surface area contributed by atoms with Crippen molar-refractivity contribution >= 4 is 17.8 Å². The molecule has 1 aromatic carbocycles. The van der Waals surface area contributed by atoms with E-state index in [0.29, 0.717) is 25.3 Å². The van der Waals surface area contributed by atoms with Gasteiger partial charge in [-0.1, -0.05) is 160 Å². The summed E-state index contributed by atoms with van der Waals surface area (Å²) in [6, 6.07) is 2.40. The highest BCUT2D eigenvalue weighted by molar-refractivity contribution is 5.97. The molecule has 2 N–H and O–H groups in total. The minimum Gasteiger partial charge on any atom is -0.426 e. The van der Waals surface area contributed by atoms with Crippen LogP contribution in [0.15, 0.2) is 164 Å². The van der Waals surface area contributed by atoms with E-state index in [4.69, 9.17) is 4.74 Å². The van der Waals surface area contributed by atoms with Gasteiger partial charge in [0.05, 0.1) is 11.1 Å². The fourth-order valence-corrected chi connectivity index (χ4v) is 5.40. The monoisotopic (exact) mass is 869 g/mol. The van der Waals surface area contributed by atoms with Gasteiger partial charge in [-0.15, -0.1) is 0 Å². The van der Waals surface area contributed by atoms with Crippen molar-refractivity contribution in [1.29, 1.82) is 0 Å². The minimum atomic E-state index is -4.70. The second kappa shape index (κ2) is 39.2. The molecule has 0 aliphatic rings. The van der Waals surface area contributed by atoms with Crippen molar-refractivity contribution < 1.29 is 32.3 Å². The van der Waals surface area contributed by atoms with Crippen molar-refractivity contribution in [2.75, 3.05) is 13.1 Å². The molecule has 0 spiro atoms. The van der Waals surface area contributed by atoms with Crippen LogP contribution in [0.5, 0.6) is 5.75 Å². The lowest BCUT2D eigenvalue weighted by Crippen LogP contribution is -2.34. The molecule has 0 saturated heterocycles. The van der Waals surface area contributed by atoms with E-state index in [-0.39, 0.29) is 37.4 Å². The maximum atomic E-state index is 13.5. The number of alkyl halides is 3. The predicted octanol–water partition coefficient (Wildman–Crippen LogP) is 14.4. The molecular weight excluding hydrogens is 798 g/mol. The summed E-state index contributed by atoms with van der Waals surface area (Å²) in [5.41, 5.74) is -1.26. The van der Waals surface area contributed by atoms with Gasteiger partial charge in [-0.2, -0.15) is 13.2 Å². The zero-order chi connectivity index (χ0) is 45.9. The summed E-state index contributed by atoms with van der Waals surface area (Å²) in [5, 5.41) is 5.29. The minimum absolute atomic E-state index is 0.0293. The van der Waals surface area contributed by atoms with Crippen LogP contribution in [-0.4, -0.2) is 30.9 Å². The molecule has 1 aromatic rings. The standard InChI is InChI=1S/C54H71F3N2O4/c1-3-5-7-9-11-13-15-17-19-21-23-25-27-29-31-33-35-37-39-41-51(60)58-45-46-59-53(62)49-44-43-48(54(55,56)57)47-50(49)63-52(61)42-40-38-36-34-32-30-28-26-24-22-20-18-16-14-12-10-8-6-4-2/h5-8,11-14,17-20,23-26,29-32,35-38,43-44,47H,3-4,9-10,15-16,21-22,27-28,33-34,39-42,45-46H2,1-2H3,(H,58,60)(H,59,62). The molecule has 1 rings (SSSR count). The van der Waals surface area contributed by atoms with Gasteiger partial charge in [-0.05, 0) is 108 Å². The van der Waals surface area contributed by atoms with Crippen molar-refractivity contribution in [3.8, 4) is 5.75 Å². The van der Waals surface area contributed by atoms with Gasteiger partial charge < -0.3 is 15.4 Å². The first-order chi connectivity index (χ1) is 30.7. The number of carbonyl (C=O) groups excluding carboxylic acids is 3. The van der Waals surface area contributed by atoms with Crippen LogP contribution >= 0.6 is 0 Å². The van der Waals surface area contributed by atoms with Crippen LogP contribution in [0.4, 0.5) is 13.2 Å². The summed E-state index contributed by atoms with van der Waals surface area (Å²) >= 11 is 0. The summed E-state index contributed by atoms with van der Waals surface area (Å²) in [6.07, 6.45) is 57.6. The Hall–Kier alpha value is -5.70. The third-order valence-electron chi connectivity index (χ3n) is 8.76. The molecule has 0 bridgehead atoms. The SMILES string of the molecule is CCC=CCC=CCC=CCC=CCC=CCC=CCCC(=O)NCCNC(=O)c1ccc(C(F)(F)F)cc1OC(=O)CCC=CCC=CCC=CCC=CCC=CCC=CCC. The summed E-state index contributed by atoms with van der Waals surface area (Å²) in [6.45, 7) is 4.40. The second-order valence-electron chi connectivity index (χ2n) is 14.2. The topological polar surface area (TPSA) is 84.5 Å². The highest BCUT2D eigenvalue weighted by Crippen LogP contribution is 2.33. The normalized spacial score (nSPS) is 13.1. The van der Waals surface area contributed by atoms with E-state index in [1.54, 1.807) is 6.08 Å². The second-order valence-corrected chi connectivity index (χ2v) is 14.2. The Morgan fingerprint density at radius 1 is 0.492 bits per heavy atom. The number of amides is 2. The van der Waals surface area contributed by atoms with Gasteiger partial charge >= 0.3 is 12.1 Å². The molecule has 0 aliphatic heterocycles. The number of nitrogens with one attached hydrogen (secondary N) is 2. The Bertz CT molecular complexity index is 1790. The van der Waals surface area contributed by atoms with Crippen LogP contribution in [0, 0.1) is 0 Å². The van der Waals surface area contributed by atoms with E-state index in [1.807, 2.05) is 24.3 Å². The molecule has 6 nitrogen and oxygen atoms in total. The molecule has 0 fully saturated rings. The van der Waals surface area contributed by atoms with Crippen LogP contribution in [-0.2, 0) is 15.8 Å². The van der Waals surface area contributed by atoms with Crippen LogP contribution in [0.3, 0.4) is 0 Å². The number of ether oxygens (including phenoxy) is 1. The molecule has 9 heteroatoms. The van der Waals surface area contributed by atoms with Crippen molar-refractivity contribution in [3.05, 3.63) is 175 Å². The molecular formula is C54H71F3N2O4. The highest BCUT2D eigenvalue weighted by atomic mass is 19.4. The Morgan fingerprint density at radius 2 is 0.841 bits per heavy atom. The number of allylic oxidation sites excluding steroid dienone is 24. The Kier molecular flexibility index (Phi) is 34.4. The molecule has 0 radical (unpaired) electrons. The van der Waals surface area contributed by atoms with Crippen LogP contribution in [0.2, 0.25) is 0 Å². The van der Waals surface area contributed by atoms with Crippen molar-refractivity contribution in [2.45, 2.75) is 123 Å². The van der Waals surface area contributed by atoms with Crippen molar-refractivity contribution in [2.24, 2.45) is 0 Å². The molecule has 0 aliphatic carbocycles. The molecule has 0 heterocycles. The van der Waals surface area contributed by atoms with E-state index in [2.05, 4.69) is 140 Å². The summed E-state index contributed by atoms with van der Waals surface area (Å²) < 4.78 is 45.7. The molecule has 0 saturated carbocycles. The van der Waals surface area contributed by atoms with Crippen molar-refractivity contribution in [3.63, 3.8) is 0 Å². The molecule has 0 unspecified atom stereocenters. The third kappa shape index (κ3) is 33.6. The average molecular weight is 869 g/mol. The molecule has 0 atom stereocenters. The van der Waals surface area contributed by atoms with Gasteiger partial charge in [-0.3, -0.25) is 14.4 Å². The molecule has 2 amide bonds. The van der Waals surface area contributed by atoms with E-state index in [1.165, 1.54) is 0 Å². The van der Waals surface area contributed by atoms with Gasteiger partial charge in [0.1, 0.15) is 5.75 Å². The van der Waals surface area contributed by atoms with E-state index in [0.717, 1.165) is 82.8 Å². The zero-order valence-electron chi connectivity index (χ0n) is 37.6. The predicted molar refractivity (Wildman–Crippen MR) is 257 cm³/mol. The largest absolute Gasteiger partial charge is 0.426 e. The van der Waals surface area contributed by atoms with Crippen LogP contribution < -0.4 is 15.4 Å². The van der Waals surface area contributed by atoms with E-state index < -0.39 is 29.4 Å².